The minimum absolute atomic E-state index is 0. The Kier molecular flexibility index (Phi) is 9.99. The summed E-state index contributed by atoms with van der Waals surface area (Å²) < 4.78 is 10.8. The highest BCUT2D eigenvalue weighted by molar-refractivity contribution is 14.0. The first-order chi connectivity index (χ1) is 13.8. The Morgan fingerprint density at radius 1 is 1.21 bits per heavy atom. The third kappa shape index (κ3) is 7.36. The monoisotopic (exact) mass is 512 g/mol. The van der Waals surface area contributed by atoms with Crippen LogP contribution in [0.3, 0.4) is 0 Å². The number of guanidine groups is 1. The zero-order chi connectivity index (χ0) is 19.6. The number of nitrogens with zero attached hydrogens (tertiary/aromatic N) is 2. The summed E-state index contributed by atoms with van der Waals surface area (Å²) in [5.41, 5.74) is 2.57. The zero-order valence-corrected chi connectivity index (χ0v) is 19.1. The minimum atomic E-state index is 0. The molecule has 1 aliphatic rings. The van der Waals surface area contributed by atoms with Gasteiger partial charge in [0.2, 0.25) is 5.91 Å². The van der Waals surface area contributed by atoms with E-state index in [-0.39, 0.29) is 36.4 Å². The van der Waals surface area contributed by atoms with Gasteiger partial charge in [0.1, 0.15) is 12.4 Å². The second-order valence-electron chi connectivity index (χ2n) is 6.67. The van der Waals surface area contributed by atoms with Crippen molar-refractivity contribution in [3.63, 3.8) is 0 Å². The van der Waals surface area contributed by atoms with Crippen LogP contribution in [0.4, 0.5) is 0 Å². The lowest BCUT2D eigenvalue weighted by atomic mass is 10.00. The number of hydrogen-bond acceptors (Lipinski definition) is 4. The van der Waals surface area contributed by atoms with E-state index in [0.717, 1.165) is 25.1 Å². The van der Waals surface area contributed by atoms with Crippen molar-refractivity contribution in [3.8, 4) is 0 Å². The van der Waals surface area contributed by atoms with Gasteiger partial charge >= 0.3 is 0 Å². The fourth-order valence-corrected chi connectivity index (χ4v) is 3.15. The van der Waals surface area contributed by atoms with E-state index in [0.29, 0.717) is 32.3 Å². The highest BCUT2D eigenvalue weighted by Gasteiger charge is 2.20. The molecule has 0 aliphatic carbocycles. The van der Waals surface area contributed by atoms with Crippen LogP contribution in [-0.2, 0) is 29.1 Å². The number of hydrogen-bond donors (Lipinski definition) is 2. The van der Waals surface area contributed by atoms with Crippen LogP contribution in [0.2, 0.25) is 0 Å². The first-order valence-electron chi connectivity index (χ1n) is 9.65. The number of amides is 1. The van der Waals surface area contributed by atoms with E-state index in [1.807, 2.05) is 23.1 Å². The molecule has 158 valence electrons. The van der Waals surface area contributed by atoms with Gasteiger partial charge in [-0.15, -0.1) is 24.0 Å². The van der Waals surface area contributed by atoms with E-state index in [1.54, 1.807) is 13.3 Å². The van der Waals surface area contributed by atoms with Crippen LogP contribution in [0.25, 0.3) is 0 Å². The summed E-state index contributed by atoms with van der Waals surface area (Å²) in [7, 11) is 1.70. The molecule has 2 N–H and O–H groups in total. The van der Waals surface area contributed by atoms with Gasteiger partial charge in [-0.25, -0.2) is 0 Å². The van der Waals surface area contributed by atoms with E-state index in [9.17, 15) is 4.79 Å². The molecule has 0 saturated heterocycles. The van der Waals surface area contributed by atoms with Crippen molar-refractivity contribution < 1.29 is 13.9 Å². The Balaban J connectivity index is 0.00000300. The van der Waals surface area contributed by atoms with Gasteiger partial charge < -0.3 is 24.7 Å². The van der Waals surface area contributed by atoms with Gasteiger partial charge in [0.05, 0.1) is 12.8 Å². The number of benzene rings is 1. The molecule has 1 aromatic heterocycles. The standard InChI is InChI=1S/C21H28N4O3.HI/c1-22-21(23-10-5-12-27-16-19-8-4-13-28-19)24-14-20(26)25-11-9-17-6-2-3-7-18(17)15-25;/h2-4,6-8,13H,5,9-12,14-16H2,1H3,(H2,22,23,24);1H. The summed E-state index contributed by atoms with van der Waals surface area (Å²) in [5, 5.41) is 6.30. The number of ether oxygens (including phenoxy) is 1. The fourth-order valence-electron chi connectivity index (χ4n) is 3.15. The average molecular weight is 512 g/mol. The minimum Gasteiger partial charge on any atom is -0.467 e. The Morgan fingerprint density at radius 3 is 2.79 bits per heavy atom. The average Bonchev–Trinajstić information content (AvgIpc) is 3.25. The molecule has 29 heavy (non-hydrogen) atoms. The second-order valence-corrected chi connectivity index (χ2v) is 6.67. The molecule has 0 radical (unpaired) electrons. The van der Waals surface area contributed by atoms with Crippen molar-refractivity contribution >= 4 is 35.8 Å². The Bertz CT molecular complexity index is 780. The number of aliphatic imine (C=N–C) groups is 1. The first kappa shape index (κ1) is 23.2. The van der Waals surface area contributed by atoms with Gasteiger partial charge in [-0.3, -0.25) is 9.79 Å². The normalized spacial score (nSPS) is 13.4. The van der Waals surface area contributed by atoms with Crippen molar-refractivity contribution in [2.75, 3.05) is 33.3 Å². The molecule has 2 aromatic rings. The van der Waals surface area contributed by atoms with Crippen molar-refractivity contribution in [2.45, 2.75) is 26.0 Å². The molecule has 7 nitrogen and oxygen atoms in total. The highest BCUT2D eigenvalue weighted by Crippen LogP contribution is 2.18. The Morgan fingerprint density at radius 2 is 2.03 bits per heavy atom. The van der Waals surface area contributed by atoms with Crippen LogP contribution in [0, 0.1) is 0 Å². The van der Waals surface area contributed by atoms with Crippen molar-refractivity contribution in [1.82, 2.24) is 15.5 Å². The van der Waals surface area contributed by atoms with E-state index in [1.165, 1.54) is 11.1 Å². The quantitative estimate of drug-likeness (QED) is 0.246. The highest BCUT2D eigenvalue weighted by atomic mass is 127. The SMILES string of the molecule is CN=C(NCCCOCc1ccco1)NCC(=O)N1CCc2ccccc2C1.I. The van der Waals surface area contributed by atoms with Crippen LogP contribution in [0.5, 0.6) is 0 Å². The lowest BCUT2D eigenvalue weighted by Gasteiger charge is -2.29. The molecule has 1 amide bonds. The summed E-state index contributed by atoms with van der Waals surface area (Å²) in [6.07, 6.45) is 3.38. The number of rotatable bonds is 8. The molecule has 0 saturated carbocycles. The van der Waals surface area contributed by atoms with E-state index in [2.05, 4.69) is 33.8 Å². The maximum absolute atomic E-state index is 12.5. The second kappa shape index (κ2) is 12.5. The number of carbonyl (C=O) groups excluding carboxylic acids is 1. The molecule has 2 heterocycles. The van der Waals surface area contributed by atoms with Crippen molar-refractivity contribution in [3.05, 3.63) is 59.5 Å². The Hall–Kier alpha value is -2.07. The van der Waals surface area contributed by atoms with Gasteiger partial charge in [0.15, 0.2) is 5.96 Å². The van der Waals surface area contributed by atoms with Crippen LogP contribution < -0.4 is 10.6 Å². The fraction of sp³-hybridized carbons (Fsp3) is 0.429. The molecule has 0 unspecified atom stereocenters. The zero-order valence-electron chi connectivity index (χ0n) is 16.7. The molecule has 0 fully saturated rings. The van der Waals surface area contributed by atoms with E-state index < -0.39 is 0 Å². The van der Waals surface area contributed by atoms with E-state index in [4.69, 9.17) is 9.15 Å². The number of furan rings is 1. The molecule has 0 bridgehead atoms. The number of nitrogens with one attached hydrogen (secondary N) is 2. The predicted molar refractivity (Wildman–Crippen MR) is 123 cm³/mol. The van der Waals surface area contributed by atoms with Gasteiger partial charge in [-0.05, 0) is 36.1 Å². The smallest absolute Gasteiger partial charge is 0.242 e. The summed E-state index contributed by atoms with van der Waals surface area (Å²) in [6.45, 7) is 3.48. The maximum Gasteiger partial charge on any atom is 0.242 e. The summed E-state index contributed by atoms with van der Waals surface area (Å²) in [4.78, 5) is 18.6. The maximum atomic E-state index is 12.5. The lowest BCUT2D eigenvalue weighted by Crippen LogP contribution is -2.46. The van der Waals surface area contributed by atoms with Crippen LogP contribution in [0.15, 0.2) is 52.1 Å². The van der Waals surface area contributed by atoms with Gasteiger partial charge in [0.25, 0.3) is 0 Å². The third-order valence-corrected chi connectivity index (χ3v) is 4.70. The Labute approximate surface area is 188 Å². The summed E-state index contributed by atoms with van der Waals surface area (Å²) in [5.74, 6) is 1.53. The third-order valence-electron chi connectivity index (χ3n) is 4.70. The molecular weight excluding hydrogens is 483 g/mol. The molecule has 1 aliphatic heterocycles. The molecule has 1 aromatic carbocycles. The first-order valence-corrected chi connectivity index (χ1v) is 9.65. The van der Waals surface area contributed by atoms with E-state index >= 15 is 0 Å². The van der Waals surface area contributed by atoms with Gasteiger partial charge in [-0.2, -0.15) is 0 Å². The summed E-state index contributed by atoms with van der Waals surface area (Å²) in [6, 6.07) is 12.0. The molecule has 0 atom stereocenters. The molecule has 3 rings (SSSR count). The number of carbonyl (C=O) groups is 1. The van der Waals surface area contributed by atoms with Crippen molar-refractivity contribution in [1.29, 1.82) is 0 Å². The van der Waals surface area contributed by atoms with Crippen LogP contribution >= 0.6 is 24.0 Å². The van der Waals surface area contributed by atoms with Crippen molar-refractivity contribution in [2.24, 2.45) is 4.99 Å². The van der Waals surface area contributed by atoms with Gasteiger partial charge in [0, 0.05) is 33.3 Å². The van der Waals surface area contributed by atoms with Gasteiger partial charge in [-0.1, -0.05) is 24.3 Å². The molecule has 0 spiro atoms. The van der Waals surface area contributed by atoms with Crippen LogP contribution in [-0.4, -0.2) is 50.1 Å². The lowest BCUT2D eigenvalue weighted by molar-refractivity contribution is -0.130. The van der Waals surface area contributed by atoms with Crippen LogP contribution in [0.1, 0.15) is 23.3 Å². The largest absolute Gasteiger partial charge is 0.467 e. The number of fused-ring (bicyclic) bond motifs is 1. The number of halogens is 1. The molecule has 8 heteroatoms. The predicted octanol–water partition coefficient (Wildman–Crippen LogP) is 2.55. The topological polar surface area (TPSA) is 79.1 Å². The summed E-state index contributed by atoms with van der Waals surface area (Å²) >= 11 is 0. The molecular formula is C21H29IN4O3.